The molecule has 0 aliphatic heterocycles. The molecular weight excluding hydrogens is 306 g/mol. The molecule has 0 saturated heterocycles. The highest BCUT2D eigenvalue weighted by Crippen LogP contribution is 2.32. The van der Waals surface area contributed by atoms with Crippen LogP contribution in [-0.2, 0) is 20.8 Å². The first-order valence-corrected chi connectivity index (χ1v) is 6.37. The van der Waals surface area contributed by atoms with Gasteiger partial charge in [-0.2, -0.15) is 0 Å². The van der Waals surface area contributed by atoms with Crippen molar-refractivity contribution in [1.82, 2.24) is 0 Å². The van der Waals surface area contributed by atoms with Crippen molar-refractivity contribution in [3.8, 4) is 17.2 Å². The van der Waals surface area contributed by atoms with Crippen LogP contribution in [0, 0.1) is 0 Å². The minimum atomic E-state index is -1.21. The summed E-state index contributed by atoms with van der Waals surface area (Å²) >= 11 is 0. The number of allylic oxidation sites excluding steroid dienone is 4. The molecule has 1 atom stereocenters. The van der Waals surface area contributed by atoms with Gasteiger partial charge in [-0.3, -0.25) is 14.4 Å². The van der Waals surface area contributed by atoms with E-state index in [0.29, 0.717) is 0 Å². The number of carboxylic acids is 1. The maximum absolute atomic E-state index is 10.4. The summed E-state index contributed by atoms with van der Waals surface area (Å²) in [4.78, 5) is 31.0. The third-order valence-electron chi connectivity index (χ3n) is 2.76. The highest BCUT2D eigenvalue weighted by Gasteiger charge is 2.16. The molecule has 0 amide bonds. The number of hydrogen-bond acceptors (Lipinski definition) is 7. The average Bonchev–Trinajstić information content (AvgIpc) is 2.48. The van der Waals surface area contributed by atoms with Crippen molar-refractivity contribution in [1.29, 1.82) is 0 Å². The molecule has 1 aromatic rings. The third kappa shape index (κ3) is 5.64. The molecule has 0 bridgehead atoms. The van der Waals surface area contributed by atoms with Crippen LogP contribution in [-0.4, -0.2) is 44.0 Å². The summed E-state index contributed by atoms with van der Waals surface area (Å²) in [6.45, 7) is 0. The van der Waals surface area contributed by atoms with E-state index in [1.165, 1.54) is 24.3 Å². The lowest BCUT2D eigenvalue weighted by molar-refractivity contribution is -0.138. The fourth-order valence-electron chi connectivity index (χ4n) is 1.54. The molecule has 0 saturated carbocycles. The van der Waals surface area contributed by atoms with Crippen molar-refractivity contribution >= 4 is 17.5 Å². The van der Waals surface area contributed by atoms with Gasteiger partial charge in [0.05, 0.1) is 0 Å². The molecule has 0 heterocycles. The van der Waals surface area contributed by atoms with Crippen LogP contribution in [0.5, 0.6) is 17.2 Å². The highest BCUT2D eigenvalue weighted by molar-refractivity contribution is 6.14. The van der Waals surface area contributed by atoms with E-state index in [1.807, 2.05) is 0 Å². The number of ketones is 2. The molecule has 0 spiro atoms. The smallest absolute Gasteiger partial charge is 0.320 e. The first kappa shape index (κ1) is 17.9. The summed E-state index contributed by atoms with van der Waals surface area (Å²) in [6.07, 6.45) is 4.88. The number of rotatable bonds is 3. The molecule has 8 heteroatoms. The maximum Gasteiger partial charge on any atom is 0.320 e. The lowest BCUT2D eigenvalue weighted by atomic mass is 10.0. The zero-order chi connectivity index (χ0) is 17.6. The van der Waals surface area contributed by atoms with E-state index >= 15 is 0 Å². The topological polar surface area (TPSA) is 158 Å². The molecule has 122 valence electrons. The van der Waals surface area contributed by atoms with Crippen molar-refractivity contribution in [3.05, 3.63) is 42.0 Å². The summed E-state index contributed by atoms with van der Waals surface area (Å²) in [5.74, 6) is -2.65. The van der Waals surface area contributed by atoms with E-state index in [1.54, 1.807) is 0 Å². The molecule has 0 radical (unpaired) electrons. The minimum Gasteiger partial charge on any atom is -0.508 e. The van der Waals surface area contributed by atoms with Gasteiger partial charge in [0, 0.05) is 12.5 Å². The van der Waals surface area contributed by atoms with Crippen molar-refractivity contribution in [2.24, 2.45) is 5.73 Å². The number of aromatic hydroxyl groups is 3. The Morgan fingerprint density at radius 3 is 1.78 bits per heavy atom. The molecule has 1 aliphatic carbocycles. The van der Waals surface area contributed by atoms with Crippen molar-refractivity contribution in [2.75, 3.05) is 0 Å². The van der Waals surface area contributed by atoms with E-state index in [-0.39, 0.29) is 29.3 Å². The van der Waals surface area contributed by atoms with Gasteiger partial charge in [-0.15, -0.1) is 0 Å². The Morgan fingerprint density at radius 2 is 1.35 bits per heavy atom. The second-order valence-electron chi connectivity index (χ2n) is 4.59. The number of carboxylic acid groups (broad SMARTS) is 1. The molecule has 0 fully saturated rings. The molecular formula is C15H15NO7. The Morgan fingerprint density at radius 1 is 0.913 bits per heavy atom. The summed E-state index contributed by atoms with van der Waals surface area (Å²) in [6, 6.07) is 0.840. The van der Waals surface area contributed by atoms with Crippen LogP contribution in [0.25, 0.3) is 0 Å². The van der Waals surface area contributed by atoms with Gasteiger partial charge in [0.1, 0.15) is 11.8 Å². The maximum atomic E-state index is 10.4. The predicted molar refractivity (Wildman–Crippen MR) is 79.0 cm³/mol. The Balaban J connectivity index is 0.000000277. The number of benzene rings is 1. The van der Waals surface area contributed by atoms with Crippen LogP contribution in [0.1, 0.15) is 5.56 Å². The van der Waals surface area contributed by atoms with E-state index in [2.05, 4.69) is 0 Å². The van der Waals surface area contributed by atoms with Gasteiger partial charge in [-0.1, -0.05) is 0 Å². The zero-order valence-corrected chi connectivity index (χ0v) is 11.8. The standard InChI is InChI=1S/C9H11NO5.C6H4O2/c10-5(9(14)15)1-4-2-7(12)8(13)3-6(4)11;7-5-1-2-6(8)4-3-5/h2-3,5,11-13H,1,10H2,(H,14,15);1-4H/t5-;/m0./s1. The monoisotopic (exact) mass is 321 g/mol. The molecule has 8 nitrogen and oxygen atoms in total. The van der Waals surface area contributed by atoms with Gasteiger partial charge in [0.15, 0.2) is 23.1 Å². The highest BCUT2D eigenvalue weighted by atomic mass is 16.4. The van der Waals surface area contributed by atoms with E-state index < -0.39 is 23.5 Å². The molecule has 23 heavy (non-hydrogen) atoms. The van der Waals surface area contributed by atoms with Gasteiger partial charge >= 0.3 is 5.97 Å². The van der Waals surface area contributed by atoms with Crippen LogP contribution in [0.15, 0.2) is 36.4 Å². The number of phenols is 3. The summed E-state index contributed by atoms with van der Waals surface area (Å²) < 4.78 is 0. The normalized spacial score (nSPS) is 14.1. The van der Waals surface area contributed by atoms with E-state index in [0.717, 1.165) is 12.1 Å². The fraction of sp³-hybridized carbons (Fsp3) is 0.133. The fourth-order valence-corrected chi connectivity index (χ4v) is 1.54. The van der Waals surface area contributed by atoms with Crippen molar-refractivity contribution in [2.45, 2.75) is 12.5 Å². The van der Waals surface area contributed by atoms with Gasteiger partial charge in [-0.25, -0.2) is 0 Å². The van der Waals surface area contributed by atoms with E-state index in [4.69, 9.17) is 21.1 Å². The lowest BCUT2D eigenvalue weighted by Gasteiger charge is -2.09. The van der Waals surface area contributed by atoms with Crippen LogP contribution in [0.3, 0.4) is 0 Å². The molecule has 2 rings (SSSR count). The average molecular weight is 321 g/mol. The van der Waals surface area contributed by atoms with Crippen molar-refractivity contribution in [3.63, 3.8) is 0 Å². The summed E-state index contributed by atoms with van der Waals surface area (Å²) in [5.41, 5.74) is 5.42. The second kappa shape index (κ2) is 7.76. The largest absolute Gasteiger partial charge is 0.508 e. The summed E-state index contributed by atoms with van der Waals surface area (Å²) in [7, 11) is 0. The molecule has 0 unspecified atom stereocenters. The van der Waals surface area contributed by atoms with E-state index in [9.17, 15) is 19.5 Å². The molecule has 0 aromatic heterocycles. The Bertz CT molecular complexity index is 653. The van der Waals surface area contributed by atoms with Crippen LogP contribution in [0.4, 0.5) is 0 Å². The molecule has 6 N–H and O–H groups in total. The summed E-state index contributed by atoms with van der Waals surface area (Å²) in [5, 5.41) is 36.0. The Kier molecular flexibility index (Phi) is 6.04. The second-order valence-corrected chi connectivity index (χ2v) is 4.59. The van der Waals surface area contributed by atoms with Crippen LogP contribution in [0.2, 0.25) is 0 Å². The number of carbonyl (C=O) groups is 3. The third-order valence-corrected chi connectivity index (χ3v) is 2.76. The molecule has 1 aromatic carbocycles. The van der Waals surface area contributed by atoms with Gasteiger partial charge in [0.2, 0.25) is 0 Å². The van der Waals surface area contributed by atoms with Gasteiger partial charge < -0.3 is 26.2 Å². The number of nitrogens with two attached hydrogens (primary N) is 1. The van der Waals surface area contributed by atoms with Crippen LogP contribution < -0.4 is 5.73 Å². The molecule has 1 aliphatic rings. The number of carbonyl (C=O) groups excluding carboxylic acids is 2. The first-order chi connectivity index (χ1) is 10.7. The zero-order valence-electron chi connectivity index (χ0n) is 11.8. The SMILES string of the molecule is N[C@@H](Cc1cc(O)c(O)cc1O)C(=O)O.O=C1C=CC(=O)C=C1. The number of aliphatic carboxylic acids is 1. The Labute approximate surface area is 130 Å². The van der Waals surface area contributed by atoms with Gasteiger partial charge in [0.25, 0.3) is 0 Å². The first-order valence-electron chi connectivity index (χ1n) is 6.37. The van der Waals surface area contributed by atoms with Crippen LogP contribution >= 0.6 is 0 Å². The lowest BCUT2D eigenvalue weighted by Crippen LogP contribution is -2.32. The van der Waals surface area contributed by atoms with Gasteiger partial charge in [-0.05, 0) is 35.9 Å². The minimum absolute atomic E-state index is 0.121. The predicted octanol–water partition coefficient (Wildman–Crippen LogP) is 0.00840. The number of phenolic OH excluding ortho intramolecular Hbond substituents is 3. The Hall–Kier alpha value is -3.13. The quantitative estimate of drug-likeness (QED) is 0.296. The van der Waals surface area contributed by atoms with Crippen molar-refractivity contribution < 1.29 is 34.8 Å². The number of hydrogen-bond donors (Lipinski definition) is 5.